The third kappa shape index (κ3) is 12.8. The number of esters is 1. The number of carbonyl (C=O) groups is 3. The monoisotopic (exact) mass is 1060 g/mol. The minimum absolute atomic E-state index is 0.0282. The van der Waals surface area contributed by atoms with Crippen LogP contribution in [-0.4, -0.2) is 119 Å². The van der Waals surface area contributed by atoms with Crippen LogP contribution in [0.4, 0.5) is 0 Å². The van der Waals surface area contributed by atoms with Gasteiger partial charge in [0, 0.05) is 54.4 Å². The normalized spacial score (nSPS) is 30.4. The highest BCUT2D eigenvalue weighted by molar-refractivity contribution is 7.46. The second-order valence-corrected chi connectivity index (χ2v) is 24.9. The molecule has 0 aromatic heterocycles. The molecule has 15 nitrogen and oxygen atoms in total. The van der Waals surface area contributed by atoms with E-state index in [4.69, 9.17) is 23.5 Å². The number of ether oxygens (including phenoxy) is 4. The van der Waals surface area contributed by atoms with Crippen LogP contribution in [0.3, 0.4) is 0 Å². The SMILES string of the molecule is CCC(C(=O)OCC(=O)[C@@]12O[C@H](C3CCCCC3)O[C@H]1CC1C3CCC4=CC(=O)C=C[C@]4(C)C3C(O)C[C@@]12C)[N+](C)(C)Cc1cc(C(O)CNCCCCCCOCCCCc2ccccc2)ccc1OP(=O)(O)O. The number of Topliss-reactive ketones (excluding diaryl/α,β-unsaturated/α-hetero) is 1. The Labute approximate surface area is 445 Å². The Morgan fingerprint density at radius 1 is 0.960 bits per heavy atom. The molecule has 0 spiro atoms. The molecule has 8 rings (SSSR count). The van der Waals surface area contributed by atoms with E-state index in [1.807, 2.05) is 33.2 Å². The molecule has 0 radical (unpaired) electrons. The number of allylic oxidation sites excluding steroid dienone is 4. The highest BCUT2D eigenvalue weighted by Gasteiger charge is 2.76. The molecule has 2 aromatic rings. The van der Waals surface area contributed by atoms with Gasteiger partial charge in [-0.3, -0.25) is 19.4 Å². The summed E-state index contributed by atoms with van der Waals surface area (Å²) in [6.07, 6.45) is 17.4. The first-order valence-electron chi connectivity index (χ1n) is 28.2. The molecule has 0 amide bonds. The van der Waals surface area contributed by atoms with Crippen molar-refractivity contribution in [3.05, 3.63) is 89.0 Å². The van der Waals surface area contributed by atoms with Gasteiger partial charge in [0.25, 0.3) is 0 Å². The van der Waals surface area contributed by atoms with Crippen molar-refractivity contribution in [1.29, 1.82) is 0 Å². The first-order chi connectivity index (χ1) is 35.8. The fraction of sp³-hybridized carbons (Fsp3) is 0.678. The van der Waals surface area contributed by atoms with E-state index in [-0.39, 0.29) is 65.0 Å². The number of quaternary nitrogens is 1. The van der Waals surface area contributed by atoms with Crippen LogP contribution < -0.4 is 9.84 Å². The molecule has 75 heavy (non-hydrogen) atoms. The van der Waals surface area contributed by atoms with Gasteiger partial charge >= 0.3 is 13.8 Å². The maximum Gasteiger partial charge on any atom is 0.524 e. The van der Waals surface area contributed by atoms with Gasteiger partial charge in [-0.1, -0.05) is 101 Å². The number of carbonyl (C=O) groups excluding carboxylic acids is 3. The van der Waals surface area contributed by atoms with E-state index in [1.165, 1.54) is 11.6 Å². The van der Waals surface area contributed by atoms with Crippen molar-refractivity contribution < 1.29 is 66.9 Å². The minimum atomic E-state index is -4.99. The fourth-order valence-electron chi connectivity index (χ4n) is 14.6. The molecule has 0 bridgehead atoms. The number of aryl methyl sites for hydroxylation is 1. The molecular formula is C59H86N2O13P+. The lowest BCUT2D eigenvalue weighted by atomic mass is 9.46. The number of nitrogens with zero attached hydrogens (tertiary/aromatic N) is 1. The summed E-state index contributed by atoms with van der Waals surface area (Å²) < 4.78 is 43.2. The average molecular weight is 1060 g/mol. The number of unbranched alkanes of at least 4 members (excludes halogenated alkanes) is 4. The zero-order chi connectivity index (χ0) is 53.6. The molecule has 1 aliphatic heterocycles. The first kappa shape index (κ1) is 57.6. The summed E-state index contributed by atoms with van der Waals surface area (Å²) in [4.78, 5) is 61.9. The van der Waals surface area contributed by atoms with Gasteiger partial charge in [0.15, 0.2) is 30.3 Å². The molecule has 5 N–H and O–H groups in total. The largest absolute Gasteiger partial charge is 0.524 e. The number of benzene rings is 2. The Morgan fingerprint density at radius 2 is 1.69 bits per heavy atom. The highest BCUT2D eigenvalue weighted by Crippen LogP contribution is 2.70. The summed E-state index contributed by atoms with van der Waals surface area (Å²) in [6, 6.07) is 14.4. The number of hydrogen-bond donors (Lipinski definition) is 5. The zero-order valence-corrected chi connectivity index (χ0v) is 46.1. The number of hydrogen-bond acceptors (Lipinski definition) is 12. The van der Waals surface area contributed by atoms with E-state index >= 15 is 4.79 Å². The average Bonchev–Trinajstić information content (AvgIpc) is 4.02. The number of aliphatic hydroxyl groups excluding tert-OH is 2. The van der Waals surface area contributed by atoms with Gasteiger partial charge in [-0.25, -0.2) is 9.36 Å². The minimum Gasteiger partial charge on any atom is -0.453 e. The summed E-state index contributed by atoms with van der Waals surface area (Å²) in [5.74, 6) is -1.12. The van der Waals surface area contributed by atoms with E-state index in [2.05, 4.69) is 43.4 Å². The molecule has 1 heterocycles. The molecule has 5 fully saturated rings. The Balaban J connectivity index is 0.881. The van der Waals surface area contributed by atoms with E-state index in [0.717, 1.165) is 109 Å². The molecular weight excluding hydrogens is 976 g/mol. The van der Waals surface area contributed by atoms with Crippen LogP contribution in [0.2, 0.25) is 0 Å². The number of ketones is 2. The summed E-state index contributed by atoms with van der Waals surface area (Å²) in [5, 5.41) is 26.9. The number of aliphatic hydroxyl groups is 2. The molecule has 4 saturated carbocycles. The summed E-state index contributed by atoms with van der Waals surface area (Å²) in [7, 11) is -1.37. The number of nitrogens with one attached hydrogen (secondary N) is 1. The van der Waals surface area contributed by atoms with Crippen LogP contribution in [0.5, 0.6) is 5.75 Å². The second-order valence-electron chi connectivity index (χ2n) is 23.7. The van der Waals surface area contributed by atoms with Crippen molar-refractivity contribution in [2.45, 2.75) is 173 Å². The predicted molar refractivity (Wildman–Crippen MR) is 284 cm³/mol. The standard InChI is InChI=1S/C59H85N2O13P/c1-6-48(61(4,5)38-43-33-42(24-27-51(43)74-75(67,68)69)50(64)37-60-30-16-7-8-17-31-70-32-18-15-21-40-19-11-9-12-20-40)55(66)71-39-52(65)59-53(72-56(73-59)41-22-13-10-14-23-41)35-47-46-26-25-44-34-45(62)28-29-57(44,2)54(46)49(63)36-58(47,59)3/h9,11-12,19-20,24,27-29,33-34,41,46-50,53-54,56,60,63-64H,6-8,10,13-18,21-23,25-26,30-32,35-39H2,1-5H3,(H-,67,68,69)/p+1/t46?,47?,48?,49?,50?,53-,54?,56+,57-,58-,59+/m0/s1. The number of rotatable bonds is 26. The topological polar surface area (TPSA) is 207 Å². The molecule has 16 heteroatoms. The number of fused-ring (bicyclic) bond motifs is 7. The fourth-order valence-corrected chi connectivity index (χ4v) is 15.1. The molecule has 11 atom stereocenters. The van der Waals surface area contributed by atoms with Gasteiger partial charge in [-0.15, -0.1) is 0 Å². The molecule has 6 unspecified atom stereocenters. The Hall–Kier alpha value is -3.60. The molecule has 6 aliphatic rings. The van der Waals surface area contributed by atoms with Crippen LogP contribution >= 0.6 is 7.82 Å². The number of phosphoric ester groups is 1. The third-order valence-electron chi connectivity index (χ3n) is 18.4. The van der Waals surface area contributed by atoms with Crippen molar-refractivity contribution in [1.82, 2.24) is 5.32 Å². The van der Waals surface area contributed by atoms with Crippen LogP contribution in [0, 0.1) is 34.5 Å². The summed E-state index contributed by atoms with van der Waals surface area (Å²) in [5.41, 5.74) is 0.509. The maximum absolute atomic E-state index is 15.3. The molecule has 1 saturated heterocycles. The van der Waals surface area contributed by atoms with Crippen molar-refractivity contribution >= 4 is 25.4 Å². The highest BCUT2D eigenvalue weighted by atomic mass is 31.2. The smallest absolute Gasteiger partial charge is 0.453 e. The van der Waals surface area contributed by atoms with Crippen LogP contribution in [0.1, 0.15) is 146 Å². The third-order valence-corrected chi connectivity index (χ3v) is 18.8. The molecule has 414 valence electrons. The lowest BCUT2D eigenvalue weighted by molar-refractivity contribution is -0.919. The van der Waals surface area contributed by atoms with Crippen LogP contribution in [0.25, 0.3) is 0 Å². The van der Waals surface area contributed by atoms with E-state index in [9.17, 15) is 34.2 Å². The lowest BCUT2D eigenvalue weighted by Gasteiger charge is -2.59. The van der Waals surface area contributed by atoms with Crippen molar-refractivity contribution in [3.8, 4) is 5.75 Å². The van der Waals surface area contributed by atoms with E-state index in [1.54, 1.807) is 24.3 Å². The van der Waals surface area contributed by atoms with Gasteiger partial charge < -0.3 is 43.5 Å². The maximum atomic E-state index is 15.3. The van der Waals surface area contributed by atoms with Crippen molar-refractivity contribution in [2.75, 3.05) is 47.0 Å². The summed E-state index contributed by atoms with van der Waals surface area (Å²) >= 11 is 0. The predicted octanol–water partition coefficient (Wildman–Crippen LogP) is 8.80. The Kier molecular flexibility index (Phi) is 18.9. The van der Waals surface area contributed by atoms with Gasteiger partial charge in [0.05, 0.1) is 32.4 Å². The molecule has 2 aromatic carbocycles. The second kappa shape index (κ2) is 24.6. The van der Waals surface area contributed by atoms with Crippen molar-refractivity contribution in [2.24, 2.45) is 34.5 Å². The van der Waals surface area contributed by atoms with E-state index < -0.39 is 67.5 Å². The Morgan fingerprint density at radius 3 is 2.43 bits per heavy atom. The summed E-state index contributed by atoms with van der Waals surface area (Å²) in [6.45, 7) is 8.04. The Bertz CT molecular complexity index is 2400. The van der Waals surface area contributed by atoms with E-state index in [0.29, 0.717) is 30.5 Å². The van der Waals surface area contributed by atoms with Crippen LogP contribution in [-0.2, 0) is 50.9 Å². The number of phosphoric acid groups is 1. The van der Waals surface area contributed by atoms with Gasteiger partial charge in [-0.2, -0.15) is 0 Å². The number of likely N-dealkylation sites (N-methyl/N-ethyl adjacent to an activating group) is 1. The van der Waals surface area contributed by atoms with Gasteiger partial charge in [0.1, 0.15) is 12.3 Å². The zero-order valence-electron chi connectivity index (χ0n) is 45.2. The van der Waals surface area contributed by atoms with Crippen LogP contribution in [0.15, 0.2) is 72.3 Å². The van der Waals surface area contributed by atoms with Gasteiger partial charge in [0.2, 0.25) is 5.78 Å². The quantitative estimate of drug-likeness (QED) is 0.0258. The van der Waals surface area contributed by atoms with Crippen molar-refractivity contribution in [3.63, 3.8) is 0 Å². The lowest BCUT2D eigenvalue weighted by Crippen LogP contribution is -2.64. The molecule has 5 aliphatic carbocycles. The first-order valence-corrected chi connectivity index (χ1v) is 29.7. The van der Waals surface area contributed by atoms with Gasteiger partial charge in [-0.05, 0) is 124 Å².